The van der Waals surface area contributed by atoms with Gasteiger partial charge >= 0.3 is 6.09 Å². The number of amides is 3. The third-order valence-corrected chi connectivity index (χ3v) is 5.23. The van der Waals surface area contributed by atoms with E-state index in [9.17, 15) is 14.4 Å². The smallest absolute Gasteiger partial charge is 0.410 e. The molecule has 172 valence electrons. The van der Waals surface area contributed by atoms with E-state index in [1.165, 1.54) is 0 Å². The SMILES string of the molecule is Cc1cc(C)c(NC(=O)CNC(=O)CN2CCC(N(C)C(=O)OC(C)(C)C)C2)c(C)c1. The summed E-state index contributed by atoms with van der Waals surface area (Å²) in [5.41, 5.74) is 3.38. The minimum Gasteiger partial charge on any atom is -0.444 e. The van der Waals surface area contributed by atoms with Crippen molar-refractivity contribution in [3.8, 4) is 0 Å². The van der Waals surface area contributed by atoms with E-state index < -0.39 is 5.60 Å². The first-order valence-corrected chi connectivity index (χ1v) is 10.7. The summed E-state index contributed by atoms with van der Waals surface area (Å²) in [6, 6.07) is 4.02. The number of hydrogen-bond acceptors (Lipinski definition) is 5. The molecule has 0 spiro atoms. The molecule has 0 saturated carbocycles. The van der Waals surface area contributed by atoms with Gasteiger partial charge in [-0.3, -0.25) is 14.5 Å². The van der Waals surface area contributed by atoms with Crippen LogP contribution in [-0.2, 0) is 14.3 Å². The molecule has 1 aliphatic heterocycles. The number of nitrogens with one attached hydrogen (secondary N) is 2. The maximum Gasteiger partial charge on any atom is 0.410 e. The molecule has 8 heteroatoms. The lowest BCUT2D eigenvalue weighted by Crippen LogP contribution is -2.43. The maximum absolute atomic E-state index is 12.3. The molecule has 1 saturated heterocycles. The molecule has 1 aromatic rings. The molecule has 1 unspecified atom stereocenters. The first-order chi connectivity index (χ1) is 14.4. The van der Waals surface area contributed by atoms with Crippen molar-refractivity contribution in [3.63, 3.8) is 0 Å². The Morgan fingerprint density at radius 1 is 1.13 bits per heavy atom. The van der Waals surface area contributed by atoms with Crippen molar-refractivity contribution in [2.45, 2.75) is 59.6 Å². The summed E-state index contributed by atoms with van der Waals surface area (Å²) >= 11 is 0. The number of likely N-dealkylation sites (N-methyl/N-ethyl adjacent to an activating group) is 1. The normalized spacial score (nSPS) is 16.7. The number of likely N-dealkylation sites (tertiary alicyclic amines) is 1. The third-order valence-electron chi connectivity index (χ3n) is 5.23. The molecule has 31 heavy (non-hydrogen) atoms. The molecule has 8 nitrogen and oxygen atoms in total. The highest BCUT2D eigenvalue weighted by Crippen LogP contribution is 2.21. The van der Waals surface area contributed by atoms with E-state index in [4.69, 9.17) is 4.74 Å². The third kappa shape index (κ3) is 7.54. The van der Waals surface area contributed by atoms with Crippen LogP contribution >= 0.6 is 0 Å². The number of carbonyl (C=O) groups excluding carboxylic acids is 3. The van der Waals surface area contributed by atoms with E-state index in [0.29, 0.717) is 13.1 Å². The second kappa shape index (κ2) is 10.1. The first-order valence-electron chi connectivity index (χ1n) is 10.7. The van der Waals surface area contributed by atoms with Crippen molar-refractivity contribution < 1.29 is 19.1 Å². The standard InChI is InChI=1S/C23H36N4O4/c1-15-10-16(2)21(17(3)11-15)25-19(28)12-24-20(29)14-27-9-8-18(13-27)26(7)22(30)31-23(4,5)6/h10-11,18H,8-9,12-14H2,1-7H3,(H,24,29)(H,25,28). The van der Waals surface area contributed by atoms with Gasteiger partial charge in [0, 0.05) is 31.9 Å². The molecule has 2 N–H and O–H groups in total. The Hall–Kier alpha value is -2.61. The predicted molar refractivity (Wildman–Crippen MR) is 121 cm³/mol. The summed E-state index contributed by atoms with van der Waals surface area (Å²) in [7, 11) is 1.72. The highest BCUT2D eigenvalue weighted by Gasteiger charge is 2.31. The zero-order valence-corrected chi connectivity index (χ0v) is 19.8. The van der Waals surface area contributed by atoms with E-state index in [0.717, 1.165) is 28.8 Å². The van der Waals surface area contributed by atoms with Gasteiger partial charge in [0.1, 0.15) is 5.60 Å². The van der Waals surface area contributed by atoms with Crippen LogP contribution in [0.5, 0.6) is 0 Å². The van der Waals surface area contributed by atoms with Crippen molar-refractivity contribution in [2.75, 3.05) is 38.5 Å². The van der Waals surface area contributed by atoms with E-state index in [-0.39, 0.29) is 37.0 Å². The lowest BCUT2D eigenvalue weighted by molar-refractivity contribution is -0.124. The summed E-state index contributed by atoms with van der Waals surface area (Å²) in [5, 5.41) is 5.56. The van der Waals surface area contributed by atoms with E-state index in [1.807, 2.05) is 58.6 Å². The lowest BCUT2D eigenvalue weighted by atomic mass is 10.1. The van der Waals surface area contributed by atoms with Crippen LogP contribution in [0.15, 0.2) is 12.1 Å². The summed E-state index contributed by atoms with van der Waals surface area (Å²) < 4.78 is 5.41. The Bertz CT molecular complexity index is 808. The van der Waals surface area contributed by atoms with Gasteiger partial charge in [0.05, 0.1) is 13.1 Å². The molecule has 0 radical (unpaired) electrons. The van der Waals surface area contributed by atoms with E-state index in [1.54, 1.807) is 11.9 Å². The zero-order valence-electron chi connectivity index (χ0n) is 19.8. The fourth-order valence-electron chi connectivity index (χ4n) is 3.75. The number of hydrogen-bond donors (Lipinski definition) is 2. The van der Waals surface area contributed by atoms with Crippen molar-refractivity contribution in [1.82, 2.24) is 15.1 Å². The van der Waals surface area contributed by atoms with Crippen LogP contribution in [0.3, 0.4) is 0 Å². The second-order valence-electron chi connectivity index (χ2n) is 9.37. The van der Waals surface area contributed by atoms with Gasteiger partial charge in [-0.15, -0.1) is 0 Å². The largest absolute Gasteiger partial charge is 0.444 e. The van der Waals surface area contributed by atoms with Gasteiger partial charge in [-0.2, -0.15) is 0 Å². The van der Waals surface area contributed by atoms with Crippen molar-refractivity contribution >= 4 is 23.6 Å². The van der Waals surface area contributed by atoms with Crippen molar-refractivity contribution in [2.24, 2.45) is 0 Å². The molecule has 0 bridgehead atoms. The summed E-state index contributed by atoms with van der Waals surface area (Å²) in [6.07, 6.45) is 0.414. The highest BCUT2D eigenvalue weighted by molar-refractivity contribution is 5.96. The van der Waals surface area contributed by atoms with Gasteiger partial charge in [-0.1, -0.05) is 17.7 Å². The Morgan fingerprint density at radius 2 is 1.74 bits per heavy atom. The van der Waals surface area contributed by atoms with Crippen LogP contribution in [0.25, 0.3) is 0 Å². The van der Waals surface area contributed by atoms with Crippen molar-refractivity contribution in [3.05, 3.63) is 28.8 Å². The summed E-state index contributed by atoms with van der Waals surface area (Å²) in [6.45, 7) is 12.8. The molecule has 1 heterocycles. The lowest BCUT2D eigenvalue weighted by Gasteiger charge is -2.28. The van der Waals surface area contributed by atoms with Crippen LogP contribution < -0.4 is 10.6 Å². The van der Waals surface area contributed by atoms with Gasteiger partial charge in [0.2, 0.25) is 11.8 Å². The van der Waals surface area contributed by atoms with Crippen LogP contribution in [0.2, 0.25) is 0 Å². The number of nitrogens with zero attached hydrogens (tertiary/aromatic N) is 2. The van der Waals surface area contributed by atoms with E-state index >= 15 is 0 Å². The zero-order chi connectivity index (χ0) is 23.3. The molecule has 1 aromatic carbocycles. The Kier molecular flexibility index (Phi) is 8.06. The number of benzene rings is 1. The van der Waals surface area contributed by atoms with Gasteiger partial charge < -0.3 is 20.3 Å². The first kappa shape index (κ1) is 24.7. The van der Waals surface area contributed by atoms with E-state index in [2.05, 4.69) is 10.6 Å². The molecule has 3 amide bonds. The van der Waals surface area contributed by atoms with Gasteiger partial charge in [-0.05, 0) is 59.1 Å². The van der Waals surface area contributed by atoms with Crippen LogP contribution in [0.4, 0.5) is 10.5 Å². The highest BCUT2D eigenvalue weighted by atomic mass is 16.6. The molecular formula is C23H36N4O4. The number of ether oxygens (including phenoxy) is 1. The van der Waals surface area contributed by atoms with Gasteiger partial charge in [0.15, 0.2) is 0 Å². The predicted octanol–water partition coefficient (Wildman–Crippen LogP) is 2.61. The quantitative estimate of drug-likeness (QED) is 0.721. The Labute approximate surface area is 185 Å². The molecular weight excluding hydrogens is 396 g/mol. The number of rotatable bonds is 6. The van der Waals surface area contributed by atoms with Gasteiger partial charge in [0.25, 0.3) is 0 Å². The summed E-state index contributed by atoms with van der Waals surface area (Å²) in [4.78, 5) is 40.4. The maximum atomic E-state index is 12.3. The van der Waals surface area contributed by atoms with Gasteiger partial charge in [-0.25, -0.2) is 4.79 Å². The fourth-order valence-corrected chi connectivity index (χ4v) is 3.75. The molecule has 0 aromatic heterocycles. The number of carbonyl (C=O) groups is 3. The number of anilines is 1. The molecule has 1 fully saturated rings. The Balaban J connectivity index is 1.77. The molecule has 0 aliphatic carbocycles. The monoisotopic (exact) mass is 432 g/mol. The summed E-state index contributed by atoms with van der Waals surface area (Å²) in [5.74, 6) is -0.472. The number of aryl methyl sites for hydroxylation is 3. The second-order valence-corrected chi connectivity index (χ2v) is 9.37. The van der Waals surface area contributed by atoms with Crippen molar-refractivity contribution in [1.29, 1.82) is 0 Å². The molecule has 2 rings (SSSR count). The topological polar surface area (TPSA) is 91.0 Å². The van der Waals surface area contributed by atoms with Crippen LogP contribution in [-0.4, -0.2) is 72.6 Å². The fraction of sp³-hybridized carbons (Fsp3) is 0.609. The molecule has 1 atom stereocenters. The van der Waals surface area contributed by atoms with Crippen LogP contribution in [0.1, 0.15) is 43.9 Å². The average molecular weight is 433 g/mol. The molecule has 1 aliphatic rings. The Morgan fingerprint density at radius 3 is 2.32 bits per heavy atom. The van der Waals surface area contributed by atoms with Crippen LogP contribution in [0, 0.1) is 20.8 Å². The average Bonchev–Trinajstić information content (AvgIpc) is 3.09. The minimum atomic E-state index is -0.542. The minimum absolute atomic E-state index is 0.00145.